The summed E-state index contributed by atoms with van der Waals surface area (Å²) in [6, 6.07) is 2.44. The molecule has 0 saturated heterocycles. The highest BCUT2D eigenvalue weighted by Gasteiger charge is 2.26. The number of hydrogen-bond acceptors (Lipinski definition) is 5. The van der Waals surface area contributed by atoms with E-state index in [1.54, 1.807) is 0 Å². The van der Waals surface area contributed by atoms with E-state index in [4.69, 9.17) is 10.5 Å². The van der Waals surface area contributed by atoms with Gasteiger partial charge in [0, 0.05) is 30.9 Å². The number of hydrogen-bond donors (Lipinski definition) is 1. The van der Waals surface area contributed by atoms with Gasteiger partial charge in [-0.3, -0.25) is 0 Å². The maximum Gasteiger partial charge on any atom is 0.229 e. The van der Waals surface area contributed by atoms with Gasteiger partial charge in [0.15, 0.2) is 0 Å². The fourth-order valence-corrected chi connectivity index (χ4v) is 2.22. The van der Waals surface area contributed by atoms with Gasteiger partial charge in [-0.05, 0) is 32.6 Å². The molecule has 1 aliphatic carbocycles. The number of ether oxygens (including phenoxy) is 1. The van der Waals surface area contributed by atoms with Crippen LogP contribution in [0.25, 0.3) is 0 Å². The van der Waals surface area contributed by atoms with Crippen LogP contribution in [0.15, 0.2) is 6.07 Å². The van der Waals surface area contributed by atoms with Gasteiger partial charge in [0.25, 0.3) is 0 Å². The number of anilines is 1. The molecule has 0 amide bonds. The summed E-state index contributed by atoms with van der Waals surface area (Å²) in [4.78, 5) is 11.3. The molecule has 1 heterocycles. The van der Waals surface area contributed by atoms with Gasteiger partial charge in [-0.1, -0.05) is 6.92 Å². The second-order valence-corrected chi connectivity index (χ2v) is 5.06. The van der Waals surface area contributed by atoms with Crippen molar-refractivity contribution in [2.24, 2.45) is 5.73 Å². The molecule has 0 bridgehead atoms. The molecular formula is C14H24N4O. The zero-order valence-corrected chi connectivity index (χ0v) is 11.9. The number of aromatic nitrogens is 2. The van der Waals surface area contributed by atoms with Crippen LogP contribution in [0.4, 0.5) is 5.95 Å². The fourth-order valence-electron chi connectivity index (χ4n) is 2.22. The quantitative estimate of drug-likeness (QED) is 0.814. The zero-order valence-electron chi connectivity index (χ0n) is 11.9. The van der Waals surface area contributed by atoms with E-state index in [0.29, 0.717) is 25.1 Å². The van der Waals surface area contributed by atoms with Crippen molar-refractivity contribution in [3.05, 3.63) is 11.8 Å². The summed E-state index contributed by atoms with van der Waals surface area (Å²) in [5.41, 5.74) is 6.65. The molecule has 5 heteroatoms. The molecule has 1 fully saturated rings. The number of rotatable bonds is 7. The van der Waals surface area contributed by atoms with Crippen LogP contribution in [0.2, 0.25) is 0 Å². The van der Waals surface area contributed by atoms with Crippen molar-refractivity contribution in [2.75, 3.05) is 24.6 Å². The zero-order chi connectivity index (χ0) is 13.7. The highest BCUT2D eigenvalue weighted by molar-refractivity contribution is 5.36. The van der Waals surface area contributed by atoms with Crippen molar-refractivity contribution in [1.82, 2.24) is 9.97 Å². The van der Waals surface area contributed by atoms with Crippen LogP contribution in [0.3, 0.4) is 0 Å². The maximum absolute atomic E-state index is 5.71. The summed E-state index contributed by atoms with van der Waals surface area (Å²) < 4.78 is 5.63. The molecular weight excluding hydrogens is 240 g/mol. The first kappa shape index (κ1) is 14.1. The molecule has 19 heavy (non-hydrogen) atoms. The monoisotopic (exact) mass is 264 g/mol. The second-order valence-electron chi connectivity index (χ2n) is 5.06. The molecule has 1 saturated carbocycles. The summed E-state index contributed by atoms with van der Waals surface area (Å²) in [5, 5.41) is 0. The SMILES string of the molecule is CCCOc1cc(C)nc(N(CCN)C2CCC2)n1. The average molecular weight is 264 g/mol. The van der Waals surface area contributed by atoms with Gasteiger partial charge in [-0.25, -0.2) is 4.98 Å². The van der Waals surface area contributed by atoms with E-state index in [9.17, 15) is 0 Å². The van der Waals surface area contributed by atoms with E-state index in [2.05, 4.69) is 21.8 Å². The molecule has 1 aromatic heterocycles. The summed E-state index contributed by atoms with van der Waals surface area (Å²) in [7, 11) is 0. The highest BCUT2D eigenvalue weighted by Crippen LogP contribution is 2.28. The second kappa shape index (κ2) is 6.70. The number of nitrogens with zero attached hydrogens (tertiary/aromatic N) is 3. The van der Waals surface area contributed by atoms with Gasteiger partial charge in [0.05, 0.1) is 6.61 Å². The van der Waals surface area contributed by atoms with Gasteiger partial charge in [-0.2, -0.15) is 4.98 Å². The average Bonchev–Trinajstić information content (AvgIpc) is 2.33. The van der Waals surface area contributed by atoms with Crippen LogP contribution in [0.1, 0.15) is 38.3 Å². The Labute approximate surface area is 115 Å². The van der Waals surface area contributed by atoms with Crippen LogP contribution in [-0.2, 0) is 0 Å². The van der Waals surface area contributed by atoms with Crippen LogP contribution in [0.5, 0.6) is 5.88 Å². The van der Waals surface area contributed by atoms with E-state index >= 15 is 0 Å². The topological polar surface area (TPSA) is 64.3 Å². The Morgan fingerprint density at radius 1 is 1.42 bits per heavy atom. The fraction of sp³-hybridized carbons (Fsp3) is 0.714. The Morgan fingerprint density at radius 3 is 2.79 bits per heavy atom. The predicted molar refractivity (Wildman–Crippen MR) is 76.6 cm³/mol. The normalized spacial score (nSPS) is 15.1. The Balaban J connectivity index is 2.17. The standard InChI is InChI=1S/C14H24N4O/c1-3-9-19-13-10-11(2)16-14(17-13)18(8-7-15)12-5-4-6-12/h10,12H,3-9,15H2,1-2H3. The van der Waals surface area contributed by atoms with Gasteiger partial charge in [-0.15, -0.1) is 0 Å². The third-order valence-electron chi connectivity index (χ3n) is 3.42. The molecule has 0 unspecified atom stereocenters. The molecule has 0 aromatic carbocycles. The summed E-state index contributed by atoms with van der Waals surface area (Å²) in [6.07, 6.45) is 4.69. The van der Waals surface area contributed by atoms with Crippen molar-refractivity contribution >= 4 is 5.95 Å². The minimum absolute atomic E-state index is 0.546. The lowest BCUT2D eigenvalue weighted by molar-refractivity contribution is 0.303. The molecule has 0 aliphatic heterocycles. The van der Waals surface area contributed by atoms with E-state index < -0.39 is 0 Å². The minimum Gasteiger partial charge on any atom is -0.478 e. The van der Waals surface area contributed by atoms with Crippen LogP contribution >= 0.6 is 0 Å². The van der Waals surface area contributed by atoms with E-state index in [1.807, 2.05) is 13.0 Å². The lowest BCUT2D eigenvalue weighted by Gasteiger charge is -2.37. The Hall–Kier alpha value is -1.36. The smallest absolute Gasteiger partial charge is 0.229 e. The van der Waals surface area contributed by atoms with E-state index in [-0.39, 0.29) is 0 Å². The van der Waals surface area contributed by atoms with E-state index in [1.165, 1.54) is 19.3 Å². The minimum atomic E-state index is 0.546. The lowest BCUT2D eigenvalue weighted by Crippen LogP contribution is -2.44. The van der Waals surface area contributed by atoms with Crippen molar-refractivity contribution in [3.63, 3.8) is 0 Å². The third kappa shape index (κ3) is 3.56. The highest BCUT2D eigenvalue weighted by atomic mass is 16.5. The molecule has 106 valence electrons. The predicted octanol–water partition coefficient (Wildman–Crippen LogP) is 1.89. The first-order valence-electron chi connectivity index (χ1n) is 7.19. The molecule has 2 rings (SSSR count). The lowest BCUT2D eigenvalue weighted by atomic mass is 9.91. The van der Waals surface area contributed by atoms with Gasteiger partial charge in [0.2, 0.25) is 11.8 Å². The summed E-state index contributed by atoms with van der Waals surface area (Å²) in [5.74, 6) is 1.44. The summed E-state index contributed by atoms with van der Waals surface area (Å²) in [6.45, 7) is 6.19. The molecule has 0 atom stereocenters. The van der Waals surface area contributed by atoms with Crippen LogP contribution in [0, 0.1) is 6.92 Å². The molecule has 1 aliphatic rings. The molecule has 0 radical (unpaired) electrons. The van der Waals surface area contributed by atoms with Crippen molar-refractivity contribution in [3.8, 4) is 5.88 Å². The Morgan fingerprint density at radius 2 is 2.21 bits per heavy atom. The van der Waals surface area contributed by atoms with Gasteiger partial charge < -0.3 is 15.4 Å². The van der Waals surface area contributed by atoms with Crippen LogP contribution in [-0.4, -0.2) is 35.7 Å². The van der Waals surface area contributed by atoms with E-state index in [0.717, 1.165) is 24.6 Å². The molecule has 2 N–H and O–H groups in total. The third-order valence-corrected chi connectivity index (χ3v) is 3.42. The van der Waals surface area contributed by atoms with Crippen LogP contribution < -0.4 is 15.4 Å². The van der Waals surface area contributed by atoms with Gasteiger partial charge in [0.1, 0.15) is 0 Å². The Bertz CT molecular complexity index is 406. The first-order chi connectivity index (χ1) is 9.24. The summed E-state index contributed by atoms with van der Waals surface area (Å²) >= 11 is 0. The maximum atomic E-state index is 5.71. The molecule has 1 aromatic rings. The molecule has 0 spiro atoms. The number of nitrogens with two attached hydrogens (primary N) is 1. The van der Waals surface area contributed by atoms with Crippen molar-refractivity contribution in [1.29, 1.82) is 0 Å². The van der Waals surface area contributed by atoms with Crippen molar-refractivity contribution in [2.45, 2.75) is 45.6 Å². The Kier molecular flexibility index (Phi) is 4.96. The largest absolute Gasteiger partial charge is 0.478 e. The first-order valence-corrected chi connectivity index (χ1v) is 7.19. The van der Waals surface area contributed by atoms with Gasteiger partial charge >= 0.3 is 0 Å². The number of aryl methyl sites for hydroxylation is 1. The molecule has 5 nitrogen and oxygen atoms in total. The van der Waals surface area contributed by atoms with Crippen molar-refractivity contribution < 1.29 is 4.74 Å².